The largest absolute Gasteiger partial charge is 0.309 e. The molecule has 0 unspecified atom stereocenters. The molecule has 16 rings (SSSR count). The highest BCUT2D eigenvalue weighted by molar-refractivity contribution is 6.33. The second-order valence-corrected chi connectivity index (χ2v) is 23.0. The van der Waals surface area contributed by atoms with Gasteiger partial charge in [0.05, 0.1) is 45.5 Å². The van der Waals surface area contributed by atoms with Gasteiger partial charge < -0.3 is 19.6 Å². The molecule has 0 saturated carbocycles. The topological polar surface area (TPSA) is 116 Å². The minimum atomic E-state index is 0.666. The molecule has 0 N–H and O–H groups in total. The van der Waals surface area contributed by atoms with Crippen molar-refractivity contribution in [3.63, 3.8) is 0 Å². The number of fused-ring (bicyclic) bond motifs is 4. The normalized spacial score (nSPS) is 11.7. The Labute approximate surface area is 532 Å². The van der Waals surface area contributed by atoms with E-state index in [1.807, 2.05) is 73.8 Å². The van der Waals surface area contributed by atoms with Crippen molar-refractivity contribution < 1.29 is 0 Å². The maximum absolute atomic E-state index is 5.02. The van der Waals surface area contributed by atoms with E-state index in [4.69, 9.17) is 39.9 Å². The first kappa shape index (κ1) is 55.5. The Morgan fingerprint density at radius 1 is 0.239 bits per heavy atom. The molecule has 0 aliphatic heterocycles. The summed E-state index contributed by atoms with van der Waals surface area (Å²) in [5.41, 5.74) is 18.9. The number of hydrogen-bond acceptors (Lipinski definition) is 12. The summed E-state index contributed by atoms with van der Waals surface area (Å²) in [6.07, 6.45) is 18.3. The van der Waals surface area contributed by atoms with Crippen LogP contribution in [-0.4, -0.2) is 39.9 Å². The van der Waals surface area contributed by atoms with Crippen molar-refractivity contribution in [3.8, 4) is 0 Å². The summed E-state index contributed by atoms with van der Waals surface area (Å²) in [4.78, 5) is 49.6. The smallest absolute Gasteiger partial charge is 0.161 e. The van der Waals surface area contributed by atoms with E-state index in [9.17, 15) is 0 Å². The van der Waals surface area contributed by atoms with Crippen molar-refractivity contribution in [3.05, 3.63) is 278 Å². The molecule has 0 radical (unpaired) electrons. The van der Waals surface area contributed by atoms with Crippen LogP contribution in [0.3, 0.4) is 0 Å². The first-order valence-electron chi connectivity index (χ1n) is 31.6. The Bertz CT molecular complexity index is 4770. The summed E-state index contributed by atoms with van der Waals surface area (Å²) in [7, 11) is 0. The SMILES string of the molecule is CCc1cnc2ncccc2c1N(c1ccccc1)c1cc(N(c2ccccc2)c2c(CC)cnc3ncccc23)c2ccc3c(N(c4ccccc4)c4c(CC)cnc5ncccc45)cc(N(c4ccccc4)c4c(CC)cnc5ncccc45)c4ccc1c2c43. The van der Waals surface area contributed by atoms with Crippen LogP contribution in [0.15, 0.2) is 256 Å². The van der Waals surface area contributed by atoms with Crippen LogP contribution >= 0.6 is 0 Å². The summed E-state index contributed by atoms with van der Waals surface area (Å²) >= 11 is 0. The van der Waals surface area contributed by atoms with Crippen LogP contribution in [-0.2, 0) is 25.7 Å². The van der Waals surface area contributed by atoms with Crippen molar-refractivity contribution in [1.82, 2.24) is 39.9 Å². The van der Waals surface area contributed by atoms with Gasteiger partial charge in [0.2, 0.25) is 0 Å². The van der Waals surface area contributed by atoms with Crippen LogP contribution in [0.4, 0.5) is 68.2 Å². The minimum Gasteiger partial charge on any atom is -0.309 e. The lowest BCUT2D eigenvalue weighted by atomic mass is 9.88. The lowest BCUT2D eigenvalue weighted by molar-refractivity contribution is 1.09. The van der Waals surface area contributed by atoms with Crippen molar-refractivity contribution in [2.75, 3.05) is 19.6 Å². The maximum atomic E-state index is 5.02. The molecule has 12 nitrogen and oxygen atoms in total. The Kier molecular flexibility index (Phi) is 14.1. The van der Waals surface area contributed by atoms with E-state index in [2.05, 4.69) is 229 Å². The molecule has 0 saturated heterocycles. The first-order chi connectivity index (χ1) is 45.5. The molecule has 16 aromatic rings. The molecular weight excluding hydrogens is 1130 g/mol. The van der Waals surface area contributed by atoms with Crippen LogP contribution < -0.4 is 19.6 Å². The van der Waals surface area contributed by atoms with Gasteiger partial charge in [-0.3, -0.25) is 0 Å². The molecule has 0 aliphatic carbocycles. The highest BCUT2D eigenvalue weighted by Gasteiger charge is 2.33. The number of hydrogen-bond donors (Lipinski definition) is 0. The summed E-state index contributed by atoms with van der Waals surface area (Å²) < 4.78 is 0. The number of pyridine rings is 8. The van der Waals surface area contributed by atoms with Gasteiger partial charge in [-0.2, -0.15) is 0 Å². The molecular formula is C80H62N12. The van der Waals surface area contributed by atoms with Gasteiger partial charge in [-0.15, -0.1) is 0 Å². The molecule has 0 bridgehead atoms. The maximum Gasteiger partial charge on any atom is 0.161 e. The first-order valence-corrected chi connectivity index (χ1v) is 31.6. The average Bonchev–Trinajstić information content (AvgIpc) is 0.699. The number of aromatic nitrogens is 8. The Balaban J connectivity index is 1.16. The van der Waals surface area contributed by atoms with Gasteiger partial charge in [-0.1, -0.05) is 125 Å². The fourth-order valence-electron chi connectivity index (χ4n) is 13.8. The van der Waals surface area contributed by atoms with E-state index >= 15 is 0 Å². The van der Waals surface area contributed by atoms with Crippen LogP contribution in [0.2, 0.25) is 0 Å². The number of nitrogens with zero attached hydrogens (tertiary/aromatic N) is 12. The van der Waals surface area contributed by atoms with Crippen LogP contribution in [0.1, 0.15) is 49.9 Å². The third kappa shape index (κ3) is 9.12. The van der Waals surface area contributed by atoms with E-state index in [1.54, 1.807) is 0 Å². The third-order valence-corrected chi connectivity index (χ3v) is 18.0. The predicted molar refractivity (Wildman–Crippen MR) is 379 cm³/mol. The van der Waals surface area contributed by atoms with Crippen LogP contribution in [0.5, 0.6) is 0 Å². The van der Waals surface area contributed by atoms with Gasteiger partial charge >= 0.3 is 0 Å². The Morgan fingerprint density at radius 2 is 0.467 bits per heavy atom. The number of anilines is 12. The minimum absolute atomic E-state index is 0.666. The summed E-state index contributed by atoms with van der Waals surface area (Å²) in [6.45, 7) is 8.86. The van der Waals surface area contributed by atoms with E-state index in [1.165, 1.54) is 0 Å². The number of aryl methyl sites for hydroxylation is 4. The van der Waals surface area contributed by atoms with Crippen LogP contribution in [0.25, 0.3) is 76.5 Å². The summed E-state index contributed by atoms with van der Waals surface area (Å²) in [5.74, 6) is 0. The molecule has 8 heterocycles. The number of benzene rings is 8. The average molecular weight is 1190 g/mol. The molecule has 0 atom stereocenters. The second kappa shape index (κ2) is 23.3. The van der Waals surface area contributed by atoms with Gasteiger partial charge in [-0.25, -0.2) is 39.9 Å². The lowest BCUT2D eigenvalue weighted by Gasteiger charge is -2.36. The van der Waals surface area contributed by atoms with E-state index in [0.29, 0.717) is 22.6 Å². The molecule has 0 fully saturated rings. The highest BCUT2D eigenvalue weighted by Crippen LogP contribution is 2.57. The fraction of sp³-hybridized carbons (Fsp3) is 0.100. The van der Waals surface area contributed by atoms with Gasteiger partial charge in [0.15, 0.2) is 22.6 Å². The number of rotatable bonds is 16. The van der Waals surface area contributed by atoms with E-state index in [-0.39, 0.29) is 0 Å². The van der Waals surface area contributed by atoms with E-state index in [0.717, 1.165) is 170 Å². The summed E-state index contributed by atoms with van der Waals surface area (Å²) in [5, 5.41) is 10.1. The quantitative estimate of drug-likeness (QED) is 0.0858. The Morgan fingerprint density at radius 3 is 0.685 bits per heavy atom. The zero-order valence-electron chi connectivity index (χ0n) is 51.4. The third-order valence-electron chi connectivity index (χ3n) is 18.0. The standard InChI is InChI=1S/C80H62N12/c1-5-51-47-85-77-63(33-21-41-81-77)73(51)89(55-25-13-9-14-26-55)67-45-68(90(56-27-15-10-16-28-56)74-52(6-2)48-86-78-64(74)34-22-42-82-78)60-39-40-62-70(92(58-31-19-12-20-32-58)76-54(8-4)50-88-80-66(76)36-24-44-84-80)46-69(61-38-37-59(67)71(60)72(61)62)91(57-29-17-11-18-30-57)75-53(7-3)49-87-79-65(75)35-23-43-83-79/h9-50H,5-8H2,1-4H3. The molecule has 442 valence electrons. The van der Waals surface area contributed by atoms with Gasteiger partial charge in [-0.05, 0) is 157 Å². The lowest BCUT2D eigenvalue weighted by Crippen LogP contribution is -2.18. The van der Waals surface area contributed by atoms with Gasteiger partial charge in [0, 0.05) is 126 Å². The monoisotopic (exact) mass is 1190 g/mol. The zero-order valence-corrected chi connectivity index (χ0v) is 51.4. The Hall–Kier alpha value is -11.8. The van der Waals surface area contributed by atoms with Crippen molar-refractivity contribution >= 4 is 145 Å². The number of para-hydroxylation sites is 4. The second-order valence-electron chi connectivity index (χ2n) is 23.0. The molecule has 8 aromatic carbocycles. The van der Waals surface area contributed by atoms with Crippen molar-refractivity contribution in [2.24, 2.45) is 0 Å². The highest BCUT2D eigenvalue weighted by atomic mass is 15.2. The molecule has 0 spiro atoms. The molecule has 0 amide bonds. The molecule has 0 aliphatic rings. The van der Waals surface area contributed by atoms with Gasteiger partial charge in [0.1, 0.15) is 0 Å². The van der Waals surface area contributed by atoms with Crippen molar-refractivity contribution in [1.29, 1.82) is 0 Å². The summed E-state index contributed by atoms with van der Waals surface area (Å²) in [6, 6.07) is 74.2. The van der Waals surface area contributed by atoms with Gasteiger partial charge in [0.25, 0.3) is 0 Å². The fourth-order valence-corrected chi connectivity index (χ4v) is 13.8. The molecule has 8 aromatic heterocycles. The van der Waals surface area contributed by atoms with E-state index < -0.39 is 0 Å². The molecule has 92 heavy (non-hydrogen) atoms. The van der Waals surface area contributed by atoms with Crippen LogP contribution in [0, 0.1) is 0 Å². The zero-order chi connectivity index (χ0) is 61.8. The van der Waals surface area contributed by atoms with Crippen molar-refractivity contribution in [2.45, 2.75) is 53.4 Å². The molecule has 12 heteroatoms. The predicted octanol–water partition coefficient (Wildman–Crippen LogP) is 20.5.